The van der Waals surface area contributed by atoms with Crippen LogP contribution in [0.15, 0.2) is 96.1 Å². The standard InChI is InChI=1S/C33H24F3N3O6/c1-19(40)44-26-16-15-21(17-27(26)43-2)32(42)45-25-14-7-6-11-22(25)18-37-39-31(41)30-28(20-9-4-3-5-10-20)23-12-8-13-24(29(23)38-30)33(34,35)36/h3-18,38H,1-2H3,(H,39,41). The van der Waals surface area contributed by atoms with E-state index in [1.54, 1.807) is 48.5 Å². The number of halogens is 3. The minimum Gasteiger partial charge on any atom is -0.493 e. The van der Waals surface area contributed by atoms with Gasteiger partial charge in [0.15, 0.2) is 11.5 Å². The third kappa shape index (κ3) is 6.69. The second-order valence-electron chi connectivity index (χ2n) is 9.55. The van der Waals surface area contributed by atoms with Crippen LogP contribution in [0.1, 0.15) is 38.9 Å². The fourth-order valence-electron chi connectivity index (χ4n) is 4.62. The highest BCUT2D eigenvalue weighted by atomic mass is 19.4. The lowest BCUT2D eigenvalue weighted by molar-refractivity contribution is -0.136. The van der Waals surface area contributed by atoms with Crippen LogP contribution in [0, 0.1) is 0 Å². The quantitative estimate of drug-likeness (QED) is 0.0861. The van der Waals surface area contributed by atoms with Gasteiger partial charge < -0.3 is 19.2 Å². The van der Waals surface area contributed by atoms with Crippen LogP contribution in [0.5, 0.6) is 17.2 Å². The van der Waals surface area contributed by atoms with Gasteiger partial charge in [0.25, 0.3) is 5.91 Å². The highest BCUT2D eigenvalue weighted by molar-refractivity contribution is 6.10. The van der Waals surface area contributed by atoms with Crippen LogP contribution in [-0.4, -0.2) is 36.2 Å². The van der Waals surface area contributed by atoms with E-state index in [1.165, 1.54) is 56.6 Å². The molecule has 0 aliphatic carbocycles. The Hall–Kier alpha value is -5.91. The van der Waals surface area contributed by atoms with Crippen LogP contribution in [0.2, 0.25) is 0 Å². The Morgan fingerprint density at radius 2 is 1.58 bits per heavy atom. The molecule has 0 aliphatic rings. The Kier molecular flexibility index (Phi) is 8.66. The maximum absolute atomic E-state index is 13.8. The molecule has 5 aromatic rings. The number of aromatic amines is 1. The van der Waals surface area contributed by atoms with Crippen molar-refractivity contribution in [2.45, 2.75) is 13.1 Å². The van der Waals surface area contributed by atoms with Crippen molar-refractivity contribution in [1.29, 1.82) is 0 Å². The third-order valence-electron chi connectivity index (χ3n) is 6.57. The van der Waals surface area contributed by atoms with E-state index in [9.17, 15) is 27.6 Å². The number of nitrogens with zero attached hydrogens (tertiary/aromatic N) is 1. The van der Waals surface area contributed by atoms with Crippen molar-refractivity contribution in [3.8, 4) is 28.4 Å². The van der Waals surface area contributed by atoms with Crippen molar-refractivity contribution < 1.29 is 41.8 Å². The van der Waals surface area contributed by atoms with Crippen LogP contribution in [-0.2, 0) is 11.0 Å². The predicted octanol–water partition coefficient (Wildman–Crippen LogP) is 6.77. The minimum atomic E-state index is -4.65. The number of hydrogen-bond acceptors (Lipinski definition) is 7. The van der Waals surface area contributed by atoms with Gasteiger partial charge in [0.2, 0.25) is 0 Å². The molecule has 4 aromatic carbocycles. The lowest BCUT2D eigenvalue weighted by Gasteiger charge is -2.11. The van der Waals surface area contributed by atoms with Crippen LogP contribution in [0.4, 0.5) is 13.2 Å². The second-order valence-corrected chi connectivity index (χ2v) is 9.55. The molecule has 12 heteroatoms. The zero-order valence-electron chi connectivity index (χ0n) is 23.8. The number of amides is 1. The highest BCUT2D eigenvalue weighted by Crippen LogP contribution is 2.39. The van der Waals surface area contributed by atoms with E-state index < -0.39 is 29.6 Å². The Labute approximate surface area is 254 Å². The third-order valence-corrected chi connectivity index (χ3v) is 6.57. The Balaban J connectivity index is 1.40. The van der Waals surface area contributed by atoms with E-state index in [0.29, 0.717) is 11.1 Å². The number of hydrogen-bond donors (Lipinski definition) is 2. The maximum atomic E-state index is 13.8. The molecule has 0 radical (unpaired) electrons. The molecule has 45 heavy (non-hydrogen) atoms. The van der Waals surface area contributed by atoms with Gasteiger partial charge >= 0.3 is 18.1 Å². The molecule has 0 atom stereocenters. The zero-order valence-corrected chi connectivity index (χ0v) is 23.8. The summed E-state index contributed by atoms with van der Waals surface area (Å²) in [5, 5.41) is 4.20. The van der Waals surface area contributed by atoms with Gasteiger partial charge in [-0.25, -0.2) is 10.2 Å². The first kappa shape index (κ1) is 30.5. The number of ether oxygens (including phenoxy) is 3. The van der Waals surface area contributed by atoms with Gasteiger partial charge in [0.1, 0.15) is 11.4 Å². The summed E-state index contributed by atoms with van der Waals surface area (Å²) >= 11 is 0. The number of aromatic nitrogens is 1. The van der Waals surface area contributed by atoms with Crippen LogP contribution in [0.3, 0.4) is 0 Å². The summed E-state index contributed by atoms with van der Waals surface area (Å²) < 4.78 is 57.1. The van der Waals surface area contributed by atoms with Crippen LogP contribution < -0.4 is 19.6 Å². The zero-order chi connectivity index (χ0) is 32.1. The van der Waals surface area contributed by atoms with E-state index in [4.69, 9.17) is 14.2 Å². The molecule has 228 valence electrons. The fraction of sp³-hybridized carbons (Fsp3) is 0.0909. The van der Waals surface area contributed by atoms with Gasteiger partial charge in [0.05, 0.1) is 30.0 Å². The van der Waals surface area contributed by atoms with Crippen molar-refractivity contribution in [2.75, 3.05) is 7.11 Å². The van der Waals surface area contributed by atoms with Gasteiger partial charge in [-0.15, -0.1) is 0 Å². The summed E-state index contributed by atoms with van der Waals surface area (Å²) in [4.78, 5) is 40.2. The summed E-state index contributed by atoms with van der Waals surface area (Å²) in [7, 11) is 1.35. The van der Waals surface area contributed by atoms with Crippen molar-refractivity contribution >= 4 is 35.0 Å². The number of methoxy groups -OCH3 is 1. The molecule has 0 saturated heterocycles. The first-order valence-electron chi connectivity index (χ1n) is 13.3. The van der Waals surface area contributed by atoms with Crippen molar-refractivity contribution in [3.63, 3.8) is 0 Å². The van der Waals surface area contributed by atoms with Gasteiger partial charge in [-0.2, -0.15) is 18.3 Å². The van der Waals surface area contributed by atoms with Crippen molar-refractivity contribution in [1.82, 2.24) is 10.4 Å². The lowest BCUT2D eigenvalue weighted by atomic mass is 10.0. The largest absolute Gasteiger partial charge is 0.493 e. The normalized spacial score (nSPS) is 11.4. The molecule has 2 N–H and O–H groups in total. The molecule has 0 spiro atoms. The molecule has 9 nitrogen and oxygen atoms in total. The second kappa shape index (κ2) is 12.8. The van der Waals surface area contributed by atoms with Crippen molar-refractivity contribution in [3.05, 3.63) is 113 Å². The summed E-state index contributed by atoms with van der Waals surface area (Å²) in [5.41, 5.74) is 2.33. The van der Waals surface area contributed by atoms with Crippen molar-refractivity contribution in [2.24, 2.45) is 5.10 Å². The Bertz CT molecular complexity index is 1930. The molecule has 0 aliphatic heterocycles. The Morgan fingerprint density at radius 3 is 2.29 bits per heavy atom. The summed E-state index contributed by atoms with van der Waals surface area (Å²) in [6.07, 6.45) is -3.42. The molecule has 0 unspecified atom stereocenters. The first-order valence-corrected chi connectivity index (χ1v) is 13.3. The van der Waals surface area contributed by atoms with Crippen LogP contribution >= 0.6 is 0 Å². The number of nitrogens with one attached hydrogen (secondary N) is 2. The monoisotopic (exact) mass is 615 g/mol. The molecule has 1 amide bonds. The molecular formula is C33H24F3N3O6. The number of rotatable bonds is 8. The summed E-state index contributed by atoms with van der Waals surface area (Å²) in [6.45, 7) is 1.23. The topological polar surface area (TPSA) is 119 Å². The summed E-state index contributed by atoms with van der Waals surface area (Å²) in [5.74, 6) is -1.72. The molecule has 5 rings (SSSR count). The first-order chi connectivity index (χ1) is 21.6. The number of alkyl halides is 3. The SMILES string of the molecule is COc1cc(C(=O)Oc2ccccc2C=NNC(=O)c2[nH]c3c(C(F)(F)F)cccc3c2-c2ccccc2)ccc1OC(C)=O. The number of carbonyl (C=O) groups is 3. The molecule has 0 fully saturated rings. The van der Waals surface area contributed by atoms with E-state index in [1.807, 2.05) is 0 Å². The Morgan fingerprint density at radius 1 is 0.844 bits per heavy atom. The number of benzene rings is 4. The molecule has 1 aromatic heterocycles. The van der Waals surface area contributed by atoms with E-state index in [2.05, 4.69) is 15.5 Å². The minimum absolute atomic E-state index is 0.105. The highest BCUT2D eigenvalue weighted by Gasteiger charge is 2.34. The molecule has 0 saturated carbocycles. The summed E-state index contributed by atoms with van der Waals surface area (Å²) in [6, 6.07) is 22.8. The number of carbonyl (C=O) groups excluding carboxylic acids is 3. The number of para-hydroxylation sites is 2. The average Bonchev–Trinajstić information content (AvgIpc) is 3.41. The average molecular weight is 616 g/mol. The van der Waals surface area contributed by atoms with E-state index >= 15 is 0 Å². The number of esters is 2. The molecular weight excluding hydrogens is 591 g/mol. The number of hydrazone groups is 1. The fourth-order valence-corrected chi connectivity index (χ4v) is 4.62. The number of H-pyrrole nitrogens is 1. The number of fused-ring (bicyclic) bond motifs is 1. The van der Waals surface area contributed by atoms with Crippen LogP contribution in [0.25, 0.3) is 22.0 Å². The molecule has 0 bridgehead atoms. The molecule has 1 heterocycles. The maximum Gasteiger partial charge on any atom is 0.418 e. The van der Waals surface area contributed by atoms with Gasteiger partial charge in [-0.3, -0.25) is 9.59 Å². The van der Waals surface area contributed by atoms with E-state index in [-0.39, 0.29) is 45.0 Å². The van der Waals surface area contributed by atoms with E-state index in [0.717, 1.165) is 6.07 Å². The predicted molar refractivity (Wildman–Crippen MR) is 160 cm³/mol. The van der Waals surface area contributed by atoms with Gasteiger partial charge in [-0.05, 0) is 42.0 Å². The van der Waals surface area contributed by atoms with Gasteiger partial charge in [0, 0.05) is 23.4 Å². The lowest BCUT2D eigenvalue weighted by Crippen LogP contribution is -2.19. The smallest absolute Gasteiger partial charge is 0.418 e. The van der Waals surface area contributed by atoms with Gasteiger partial charge in [-0.1, -0.05) is 54.6 Å².